The fourth-order valence-electron chi connectivity index (χ4n) is 3.28. The summed E-state index contributed by atoms with van der Waals surface area (Å²) in [4.78, 5) is 28.4. The largest absolute Gasteiger partial charge is 0.487 e. The summed E-state index contributed by atoms with van der Waals surface area (Å²) < 4.78 is 24.4. The maximum absolute atomic E-state index is 14.0. The number of carbonyl (C=O) groups is 2. The highest BCUT2D eigenvalue weighted by Gasteiger charge is 2.23. The summed E-state index contributed by atoms with van der Waals surface area (Å²) >= 11 is 0. The molecule has 0 atom stereocenters. The van der Waals surface area contributed by atoms with Crippen LogP contribution in [0.4, 0.5) is 9.18 Å². The Morgan fingerprint density at radius 1 is 1.24 bits per heavy atom. The number of ether oxygens (including phenoxy) is 2. The van der Waals surface area contributed by atoms with Crippen molar-refractivity contribution in [2.45, 2.75) is 32.3 Å². The lowest BCUT2D eigenvalue weighted by atomic mass is 9.90. The van der Waals surface area contributed by atoms with Gasteiger partial charge in [0.2, 0.25) is 0 Å². The van der Waals surface area contributed by atoms with Gasteiger partial charge in [-0.15, -0.1) is 0 Å². The number of piperidine rings is 1. The molecule has 2 heterocycles. The third-order valence-corrected chi connectivity index (χ3v) is 4.91. The predicted molar refractivity (Wildman–Crippen MR) is 102 cm³/mol. The number of amides is 1. The first-order valence-electron chi connectivity index (χ1n) is 9.50. The minimum Gasteiger partial charge on any atom is -0.487 e. The molecule has 0 spiro atoms. The van der Waals surface area contributed by atoms with Crippen LogP contribution in [0.3, 0.4) is 0 Å². The molecule has 8 heteroatoms. The highest BCUT2D eigenvalue weighted by atomic mass is 19.1. The van der Waals surface area contributed by atoms with Crippen molar-refractivity contribution in [1.29, 1.82) is 0 Å². The summed E-state index contributed by atoms with van der Waals surface area (Å²) in [6, 6.07) is 7.82. The third kappa shape index (κ3) is 5.22. The lowest BCUT2D eigenvalue weighted by molar-refractivity contribution is 0.0521. The molecule has 0 aliphatic carbocycles. The fraction of sp³-hybridized carbons (Fsp3) is 0.381. The number of rotatable bonds is 6. The van der Waals surface area contributed by atoms with Gasteiger partial charge in [0.15, 0.2) is 0 Å². The van der Waals surface area contributed by atoms with Crippen molar-refractivity contribution < 1.29 is 28.6 Å². The summed E-state index contributed by atoms with van der Waals surface area (Å²) in [7, 11) is 0. The van der Waals surface area contributed by atoms with Crippen molar-refractivity contribution in [3.8, 4) is 5.75 Å². The lowest BCUT2D eigenvalue weighted by Crippen LogP contribution is -2.36. The number of esters is 1. The number of benzene rings is 1. The van der Waals surface area contributed by atoms with Crippen LogP contribution in [0.5, 0.6) is 5.75 Å². The highest BCUT2D eigenvalue weighted by molar-refractivity contribution is 5.89. The number of carboxylic acid groups (broad SMARTS) is 1. The van der Waals surface area contributed by atoms with Crippen LogP contribution in [-0.4, -0.2) is 46.7 Å². The quantitative estimate of drug-likeness (QED) is 0.739. The van der Waals surface area contributed by atoms with E-state index in [0.717, 1.165) is 24.5 Å². The van der Waals surface area contributed by atoms with Gasteiger partial charge in [-0.25, -0.2) is 14.0 Å². The van der Waals surface area contributed by atoms with Gasteiger partial charge >= 0.3 is 12.1 Å². The monoisotopic (exact) mass is 402 g/mol. The Kier molecular flexibility index (Phi) is 6.64. The van der Waals surface area contributed by atoms with E-state index < -0.39 is 17.9 Å². The minimum atomic E-state index is -0.874. The number of halogens is 1. The van der Waals surface area contributed by atoms with Gasteiger partial charge in [0.25, 0.3) is 0 Å². The maximum Gasteiger partial charge on any atom is 0.407 e. The summed E-state index contributed by atoms with van der Waals surface area (Å²) in [5, 5.41) is 9.02. The Hall–Kier alpha value is -3.16. The van der Waals surface area contributed by atoms with E-state index in [4.69, 9.17) is 14.6 Å². The number of nitrogens with zero attached hydrogens (tertiary/aromatic N) is 2. The van der Waals surface area contributed by atoms with Crippen LogP contribution in [-0.2, 0) is 11.3 Å². The Morgan fingerprint density at radius 3 is 2.59 bits per heavy atom. The van der Waals surface area contributed by atoms with E-state index in [2.05, 4.69) is 4.98 Å². The molecule has 0 bridgehead atoms. The van der Waals surface area contributed by atoms with Crippen LogP contribution in [0, 0.1) is 5.82 Å². The third-order valence-electron chi connectivity index (χ3n) is 4.91. The van der Waals surface area contributed by atoms with Crippen molar-refractivity contribution in [3.05, 3.63) is 59.2 Å². The molecule has 1 saturated heterocycles. The number of likely N-dealkylation sites (tertiary alicyclic amines) is 1. The first-order chi connectivity index (χ1) is 14.0. The van der Waals surface area contributed by atoms with E-state index in [1.54, 1.807) is 13.1 Å². The smallest absolute Gasteiger partial charge is 0.407 e. The predicted octanol–water partition coefficient (Wildman–Crippen LogP) is 3.83. The van der Waals surface area contributed by atoms with Crippen molar-refractivity contribution >= 4 is 12.1 Å². The second-order valence-corrected chi connectivity index (χ2v) is 6.78. The first kappa shape index (κ1) is 20.6. The lowest BCUT2D eigenvalue weighted by Gasteiger charge is -2.30. The molecule has 2 aromatic rings. The SMILES string of the molecule is CCOC(=O)c1ccc(OCc2ccc(C3CCN(C(=O)O)CC3)cn2)cc1F. The second kappa shape index (κ2) is 9.36. The van der Waals surface area contributed by atoms with Gasteiger partial charge in [-0.05, 0) is 49.4 Å². The molecule has 1 aliphatic heterocycles. The van der Waals surface area contributed by atoms with E-state index >= 15 is 0 Å². The number of aromatic nitrogens is 1. The second-order valence-electron chi connectivity index (χ2n) is 6.78. The Morgan fingerprint density at radius 2 is 2.00 bits per heavy atom. The van der Waals surface area contributed by atoms with Crippen molar-refractivity contribution in [2.75, 3.05) is 19.7 Å². The summed E-state index contributed by atoms with van der Waals surface area (Å²) in [5.74, 6) is -0.819. The first-order valence-corrected chi connectivity index (χ1v) is 9.50. The number of pyridine rings is 1. The van der Waals surface area contributed by atoms with Crippen molar-refractivity contribution in [2.24, 2.45) is 0 Å². The van der Waals surface area contributed by atoms with Crippen LogP contribution >= 0.6 is 0 Å². The maximum atomic E-state index is 14.0. The van der Waals surface area contributed by atoms with Crippen LogP contribution < -0.4 is 4.74 Å². The molecule has 7 nitrogen and oxygen atoms in total. The van der Waals surface area contributed by atoms with E-state index in [0.29, 0.717) is 24.5 Å². The molecule has 1 amide bonds. The summed E-state index contributed by atoms with van der Waals surface area (Å²) in [5.41, 5.74) is 1.63. The Balaban J connectivity index is 1.55. The van der Waals surface area contributed by atoms with Gasteiger partial charge < -0.3 is 19.5 Å². The molecular weight excluding hydrogens is 379 g/mol. The number of carbonyl (C=O) groups excluding carboxylic acids is 1. The summed E-state index contributed by atoms with van der Waals surface area (Å²) in [6.07, 6.45) is 2.46. The average Bonchev–Trinajstić information content (AvgIpc) is 2.73. The van der Waals surface area contributed by atoms with Gasteiger partial charge in [-0.2, -0.15) is 0 Å². The van der Waals surface area contributed by atoms with Gasteiger partial charge in [0.05, 0.1) is 17.9 Å². The molecule has 29 heavy (non-hydrogen) atoms. The molecule has 0 saturated carbocycles. The van der Waals surface area contributed by atoms with E-state index in [9.17, 15) is 14.0 Å². The normalized spacial score (nSPS) is 14.5. The molecule has 1 aromatic carbocycles. The summed E-state index contributed by atoms with van der Waals surface area (Å²) in [6.45, 7) is 3.05. The van der Waals surface area contributed by atoms with E-state index in [1.165, 1.54) is 17.0 Å². The molecule has 1 N–H and O–H groups in total. The van der Waals surface area contributed by atoms with Gasteiger partial charge in [-0.3, -0.25) is 4.98 Å². The molecule has 1 aliphatic rings. The van der Waals surface area contributed by atoms with Crippen molar-refractivity contribution in [1.82, 2.24) is 9.88 Å². The zero-order valence-electron chi connectivity index (χ0n) is 16.1. The Bertz CT molecular complexity index is 864. The van der Waals surface area contributed by atoms with Crippen LogP contribution in [0.1, 0.15) is 47.3 Å². The van der Waals surface area contributed by atoms with Gasteiger partial charge in [0, 0.05) is 25.4 Å². The Labute approximate surface area is 168 Å². The van der Waals surface area contributed by atoms with Crippen LogP contribution in [0.25, 0.3) is 0 Å². The van der Waals surface area contributed by atoms with Crippen LogP contribution in [0.15, 0.2) is 36.5 Å². The topological polar surface area (TPSA) is 89.0 Å². The zero-order chi connectivity index (χ0) is 20.8. The molecule has 0 unspecified atom stereocenters. The van der Waals surface area contributed by atoms with Gasteiger partial charge in [0.1, 0.15) is 18.2 Å². The van der Waals surface area contributed by atoms with Gasteiger partial charge in [-0.1, -0.05) is 6.07 Å². The number of hydrogen-bond acceptors (Lipinski definition) is 5. The van der Waals surface area contributed by atoms with Crippen molar-refractivity contribution in [3.63, 3.8) is 0 Å². The average molecular weight is 402 g/mol. The molecule has 154 valence electrons. The zero-order valence-corrected chi connectivity index (χ0v) is 16.1. The van der Waals surface area contributed by atoms with Crippen LogP contribution in [0.2, 0.25) is 0 Å². The molecule has 1 aromatic heterocycles. The fourth-order valence-corrected chi connectivity index (χ4v) is 3.28. The highest BCUT2D eigenvalue weighted by Crippen LogP contribution is 2.27. The minimum absolute atomic E-state index is 0.129. The standard InChI is InChI=1S/C21H23FN2O5/c1-2-28-20(25)18-6-5-17(11-19(18)22)29-13-16-4-3-15(12-23-16)14-7-9-24(10-8-14)21(26)27/h3-6,11-12,14H,2,7-10,13H2,1H3,(H,26,27). The molecule has 3 rings (SSSR count). The molecule has 0 radical (unpaired) electrons. The molecular formula is C21H23FN2O5. The van der Waals surface area contributed by atoms with E-state index in [1.807, 2.05) is 12.1 Å². The molecule has 1 fully saturated rings. The number of hydrogen-bond donors (Lipinski definition) is 1. The van der Waals surface area contributed by atoms with E-state index in [-0.39, 0.29) is 24.7 Å².